The van der Waals surface area contributed by atoms with E-state index in [1.165, 1.54) is 4.68 Å². The van der Waals surface area contributed by atoms with Crippen molar-refractivity contribution in [3.63, 3.8) is 0 Å². The monoisotopic (exact) mass is 494 g/mol. The molecule has 1 heterocycles. The molecule has 8 nitrogen and oxygen atoms in total. The Hall–Kier alpha value is -3.55. The zero-order valence-electron chi connectivity index (χ0n) is 22.6. The van der Waals surface area contributed by atoms with Crippen LogP contribution in [-0.4, -0.2) is 33.2 Å². The van der Waals surface area contributed by atoms with E-state index in [0.29, 0.717) is 29.4 Å². The zero-order valence-corrected chi connectivity index (χ0v) is 22.6. The van der Waals surface area contributed by atoms with Crippen molar-refractivity contribution in [1.82, 2.24) is 15.1 Å². The van der Waals surface area contributed by atoms with Gasteiger partial charge in [0.2, 0.25) is 0 Å². The molecule has 36 heavy (non-hydrogen) atoms. The summed E-state index contributed by atoms with van der Waals surface area (Å²) in [6.07, 6.45) is 2.00. The number of nitrogens with zero attached hydrogens (tertiary/aromatic N) is 2. The number of hydrogen-bond acceptors (Lipinski definition) is 6. The maximum atomic E-state index is 12.6. The fourth-order valence-corrected chi connectivity index (χ4v) is 4.20. The third-order valence-corrected chi connectivity index (χ3v) is 6.06. The largest absolute Gasteiger partial charge is 0.444 e. The third-order valence-electron chi connectivity index (χ3n) is 6.06. The minimum atomic E-state index is -0.632. The molecule has 0 aliphatic heterocycles. The van der Waals surface area contributed by atoms with Crippen LogP contribution < -0.4 is 11.1 Å². The predicted octanol–water partition coefficient (Wildman–Crippen LogP) is 6.61. The number of nitrogens with one attached hydrogen (secondary N) is 1. The first-order chi connectivity index (χ1) is 16.7. The van der Waals surface area contributed by atoms with Crippen LogP contribution in [0.15, 0.2) is 42.6 Å². The number of amides is 1. The lowest BCUT2D eigenvalue weighted by atomic mass is 9.84. The SMILES string of the molecule is CCC(CC)(NC(=O)OC(C)(C)C)c1ccc(-c2ccc3c(cnn3C(=O)OC(C)(C)C)c2N)cc1. The molecule has 3 aromatic rings. The van der Waals surface area contributed by atoms with Gasteiger partial charge in [-0.1, -0.05) is 44.2 Å². The van der Waals surface area contributed by atoms with E-state index < -0.39 is 28.9 Å². The first-order valence-electron chi connectivity index (χ1n) is 12.3. The molecule has 0 fully saturated rings. The molecule has 194 valence electrons. The topological polar surface area (TPSA) is 108 Å². The molecule has 0 saturated heterocycles. The lowest BCUT2D eigenvalue weighted by Crippen LogP contribution is -2.47. The van der Waals surface area contributed by atoms with Gasteiger partial charge in [-0.3, -0.25) is 0 Å². The van der Waals surface area contributed by atoms with Gasteiger partial charge in [0.05, 0.1) is 22.9 Å². The Morgan fingerprint density at radius 1 is 0.917 bits per heavy atom. The number of rotatable bonds is 5. The normalized spacial score (nSPS) is 12.4. The molecule has 2 aromatic carbocycles. The van der Waals surface area contributed by atoms with Crippen molar-refractivity contribution in [2.24, 2.45) is 0 Å². The molecule has 0 saturated carbocycles. The van der Waals surface area contributed by atoms with Gasteiger partial charge in [-0.05, 0) is 71.6 Å². The summed E-state index contributed by atoms with van der Waals surface area (Å²) < 4.78 is 12.2. The lowest BCUT2D eigenvalue weighted by Gasteiger charge is -2.34. The predicted molar refractivity (Wildman–Crippen MR) is 143 cm³/mol. The summed E-state index contributed by atoms with van der Waals surface area (Å²) in [5, 5.41) is 7.96. The minimum absolute atomic E-state index is 0.438. The second-order valence-electron chi connectivity index (χ2n) is 11.0. The maximum Gasteiger partial charge on any atom is 0.435 e. The third kappa shape index (κ3) is 5.80. The summed E-state index contributed by atoms with van der Waals surface area (Å²) >= 11 is 0. The molecule has 0 spiro atoms. The van der Waals surface area contributed by atoms with Crippen LogP contribution in [0.4, 0.5) is 15.3 Å². The first kappa shape index (κ1) is 27.0. The molecule has 1 amide bonds. The highest BCUT2D eigenvalue weighted by atomic mass is 16.6. The zero-order chi connectivity index (χ0) is 26.9. The molecule has 3 rings (SSSR count). The first-order valence-corrected chi connectivity index (χ1v) is 12.3. The van der Waals surface area contributed by atoms with Gasteiger partial charge in [0.25, 0.3) is 0 Å². The van der Waals surface area contributed by atoms with Crippen LogP contribution in [0.2, 0.25) is 0 Å². The molecule has 0 unspecified atom stereocenters. The highest BCUT2D eigenvalue weighted by Crippen LogP contribution is 2.35. The molecule has 3 N–H and O–H groups in total. The number of benzene rings is 2. The van der Waals surface area contributed by atoms with Gasteiger partial charge in [0.1, 0.15) is 11.2 Å². The van der Waals surface area contributed by atoms with Crippen molar-refractivity contribution >= 4 is 28.8 Å². The van der Waals surface area contributed by atoms with Gasteiger partial charge in [-0.2, -0.15) is 9.78 Å². The summed E-state index contributed by atoms with van der Waals surface area (Å²) in [6, 6.07) is 11.7. The van der Waals surface area contributed by atoms with Crippen LogP contribution in [0.1, 0.15) is 73.8 Å². The smallest absolute Gasteiger partial charge is 0.435 e. The number of carbonyl (C=O) groups excluding carboxylic acids is 2. The van der Waals surface area contributed by atoms with E-state index in [1.54, 1.807) is 6.20 Å². The lowest BCUT2D eigenvalue weighted by molar-refractivity contribution is 0.0442. The summed E-state index contributed by atoms with van der Waals surface area (Å²) in [5.41, 5.74) is 8.60. The molecule has 0 bridgehead atoms. The van der Waals surface area contributed by atoms with Crippen molar-refractivity contribution in [1.29, 1.82) is 0 Å². The standard InChI is InChI=1S/C28H38N4O4/c1-9-28(10-2,31-24(33)35-26(3,4)5)19-13-11-18(12-14-19)20-15-16-22-21(23(20)29)17-30-32(22)25(34)36-27(6,7)8/h11-17H,9-10,29H2,1-8H3,(H,31,33). The molecule has 0 aliphatic carbocycles. The summed E-state index contributed by atoms with van der Waals surface area (Å²) in [4.78, 5) is 25.1. The molecule has 0 atom stereocenters. The Morgan fingerprint density at radius 2 is 1.50 bits per heavy atom. The van der Waals surface area contributed by atoms with E-state index in [1.807, 2.05) is 91.8 Å². The van der Waals surface area contributed by atoms with Crippen molar-refractivity contribution < 1.29 is 19.1 Å². The van der Waals surface area contributed by atoms with Crippen molar-refractivity contribution in [3.05, 3.63) is 48.2 Å². The number of alkyl carbamates (subject to hydrolysis) is 1. The number of nitrogens with two attached hydrogens (primary N) is 1. The van der Waals surface area contributed by atoms with Crippen molar-refractivity contribution in [2.75, 3.05) is 5.73 Å². The quantitative estimate of drug-likeness (QED) is 0.386. The maximum absolute atomic E-state index is 12.6. The highest BCUT2D eigenvalue weighted by Gasteiger charge is 2.32. The van der Waals surface area contributed by atoms with E-state index in [0.717, 1.165) is 16.7 Å². The number of ether oxygens (including phenoxy) is 2. The van der Waals surface area contributed by atoms with Gasteiger partial charge in [0.15, 0.2) is 0 Å². The highest BCUT2D eigenvalue weighted by molar-refractivity contribution is 6.01. The second kappa shape index (κ2) is 9.84. The van der Waals surface area contributed by atoms with Gasteiger partial charge in [-0.25, -0.2) is 9.59 Å². The Bertz CT molecular complexity index is 1240. The Kier molecular flexibility index (Phi) is 7.39. The van der Waals surface area contributed by atoms with Gasteiger partial charge < -0.3 is 20.5 Å². The minimum Gasteiger partial charge on any atom is -0.444 e. The van der Waals surface area contributed by atoms with Crippen LogP contribution in [0.3, 0.4) is 0 Å². The van der Waals surface area contributed by atoms with Gasteiger partial charge in [-0.15, -0.1) is 0 Å². The average molecular weight is 495 g/mol. The van der Waals surface area contributed by atoms with Gasteiger partial charge >= 0.3 is 12.2 Å². The van der Waals surface area contributed by atoms with Crippen molar-refractivity contribution in [3.8, 4) is 11.1 Å². The Morgan fingerprint density at radius 3 is 2.03 bits per heavy atom. The summed E-state index contributed by atoms with van der Waals surface area (Å²) in [5.74, 6) is 0. The van der Waals surface area contributed by atoms with Gasteiger partial charge in [0, 0.05) is 10.9 Å². The molecular weight excluding hydrogens is 456 g/mol. The molecule has 0 aliphatic rings. The number of carbonyl (C=O) groups is 2. The number of anilines is 1. The Balaban J connectivity index is 1.92. The molecular formula is C28H38N4O4. The van der Waals surface area contributed by atoms with Crippen LogP contribution in [-0.2, 0) is 15.0 Å². The van der Waals surface area contributed by atoms with E-state index in [-0.39, 0.29) is 0 Å². The fourth-order valence-electron chi connectivity index (χ4n) is 4.20. The van der Waals surface area contributed by atoms with E-state index in [2.05, 4.69) is 10.4 Å². The number of fused-ring (bicyclic) bond motifs is 1. The summed E-state index contributed by atoms with van der Waals surface area (Å²) in [7, 11) is 0. The fraction of sp³-hybridized carbons (Fsp3) is 0.464. The number of hydrogen-bond donors (Lipinski definition) is 2. The van der Waals surface area contributed by atoms with Crippen LogP contribution in [0.25, 0.3) is 22.0 Å². The number of nitrogen functional groups attached to an aromatic ring is 1. The van der Waals surface area contributed by atoms with Crippen LogP contribution in [0.5, 0.6) is 0 Å². The van der Waals surface area contributed by atoms with Crippen LogP contribution in [0, 0.1) is 0 Å². The molecule has 8 heteroatoms. The average Bonchev–Trinajstić information content (AvgIpc) is 3.21. The van der Waals surface area contributed by atoms with Crippen LogP contribution >= 0.6 is 0 Å². The van der Waals surface area contributed by atoms with E-state index in [4.69, 9.17) is 15.2 Å². The van der Waals surface area contributed by atoms with E-state index >= 15 is 0 Å². The van der Waals surface area contributed by atoms with Crippen molar-refractivity contribution in [2.45, 2.75) is 85.0 Å². The number of aromatic nitrogens is 2. The second-order valence-corrected chi connectivity index (χ2v) is 11.0. The Labute approximate surface area is 213 Å². The van der Waals surface area contributed by atoms with E-state index in [9.17, 15) is 9.59 Å². The molecule has 0 radical (unpaired) electrons. The molecule has 1 aromatic heterocycles. The summed E-state index contributed by atoms with van der Waals surface area (Å²) in [6.45, 7) is 15.1.